The molecule has 0 radical (unpaired) electrons. The number of nitrogens with zero attached hydrogens (tertiary/aromatic N) is 1. The fourth-order valence-electron chi connectivity index (χ4n) is 1.69. The van der Waals surface area contributed by atoms with E-state index in [2.05, 4.69) is 22.6 Å². The van der Waals surface area contributed by atoms with Crippen molar-refractivity contribution in [3.8, 4) is 5.75 Å². The molecule has 1 aromatic carbocycles. The van der Waals surface area contributed by atoms with E-state index in [0.717, 1.165) is 3.57 Å². The number of benzene rings is 1. The summed E-state index contributed by atoms with van der Waals surface area (Å²) in [6.45, 7) is 5.86. The van der Waals surface area contributed by atoms with Crippen molar-refractivity contribution >= 4 is 51.1 Å². The Morgan fingerprint density at radius 2 is 1.95 bits per heavy atom. The summed E-state index contributed by atoms with van der Waals surface area (Å²) in [5.74, 6) is -0.265. The van der Waals surface area contributed by atoms with Gasteiger partial charge >= 0.3 is 0 Å². The summed E-state index contributed by atoms with van der Waals surface area (Å²) in [4.78, 5) is 14.0. The van der Waals surface area contributed by atoms with Gasteiger partial charge in [-0.1, -0.05) is 0 Å². The molecule has 1 rings (SSSR count). The van der Waals surface area contributed by atoms with Gasteiger partial charge in [0.2, 0.25) is 0 Å². The van der Waals surface area contributed by atoms with Gasteiger partial charge in [0.1, 0.15) is 5.75 Å². The Bertz CT molecular complexity index is 484. The van der Waals surface area contributed by atoms with Crippen LogP contribution >= 0.6 is 45.2 Å². The van der Waals surface area contributed by atoms with Crippen molar-refractivity contribution in [3.05, 3.63) is 24.8 Å². The number of likely N-dealkylation sites (N-methyl/N-ethyl adjacent to an activating group) is 1. The Morgan fingerprint density at radius 1 is 1.37 bits per heavy atom. The van der Waals surface area contributed by atoms with Crippen LogP contribution in [0.15, 0.2) is 12.1 Å². The molecule has 0 fully saturated rings. The highest BCUT2D eigenvalue weighted by Crippen LogP contribution is 2.28. The van der Waals surface area contributed by atoms with Gasteiger partial charge in [-0.25, -0.2) is 0 Å². The van der Waals surface area contributed by atoms with E-state index in [-0.39, 0.29) is 23.8 Å². The van der Waals surface area contributed by atoms with E-state index in [9.17, 15) is 15.0 Å². The van der Waals surface area contributed by atoms with Crippen LogP contribution in [0.5, 0.6) is 5.75 Å². The molecule has 0 bridgehead atoms. The maximum atomic E-state index is 12.4. The van der Waals surface area contributed by atoms with Gasteiger partial charge in [0.25, 0.3) is 5.91 Å². The second-order valence-electron chi connectivity index (χ2n) is 4.92. The molecule has 0 heterocycles. The second-order valence-corrected chi connectivity index (χ2v) is 7.32. The van der Waals surface area contributed by atoms with Crippen LogP contribution < -0.4 is 0 Å². The zero-order valence-corrected chi connectivity index (χ0v) is 15.4. The minimum atomic E-state index is -0.962. The van der Waals surface area contributed by atoms with Crippen molar-refractivity contribution in [2.45, 2.75) is 26.4 Å². The first-order valence-corrected chi connectivity index (χ1v) is 8.01. The van der Waals surface area contributed by atoms with Crippen molar-refractivity contribution in [2.24, 2.45) is 0 Å². The standard InChI is InChI=1S/C13H17I2NO3/c1-4-16(7-13(2,3)19)12(18)9-5-8(14)6-10(15)11(9)17/h5-6,17,19H,4,7H2,1-3H3. The fourth-order valence-corrected chi connectivity index (χ4v) is 3.54. The van der Waals surface area contributed by atoms with Crippen LogP contribution in [0.2, 0.25) is 0 Å². The molecule has 0 saturated carbocycles. The molecule has 1 amide bonds. The lowest BCUT2D eigenvalue weighted by Gasteiger charge is -2.28. The molecule has 0 unspecified atom stereocenters. The molecule has 0 aromatic heterocycles. The van der Waals surface area contributed by atoms with Crippen LogP contribution in [0.4, 0.5) is 0 Å². The Labute approximate surface area is 140 Å². The van der Waals surface area contributed by atoms with Crippen LogP contribution in [-0.2, 0) is 0 Å². The van der Waals surface area contributed by atoms with E-state index in [1.54, 1.807) is 26.0 Å². The number of rotatable bonds is 4. The number of aromatic hydroxyl groups is 1. The third kappa shape index (κ3) is 4.75. The van der Waals surface area contributed by atoms with Gasteiger partial charge < -0.3 is 15.1 Å². The molecule has 2 N–H and O–H groups in total. The number of phenols is 1. The number of hydrogen-bond donors (Lipinski definition) is 2. The van der Waals surface area contributed by atoms with Crippen LogP contribution in [0.25, 0.3) is 0 Å². The van der Waals surface area contributed by atoms with E-state index < -0.39 is 5.60 Å². The lowest BCUT2D eigenvalue weighted by Crippen LogP contribution is -2.42. The first kappa shape index (κ1) is 17.0. The van der Waals surface area contributed by atoms with Crippen molar-refractivity contribution in [1.82, 2.24) is 4.90 Å². The lowest BCUT2D eigenvalue weighted by atomic mass is 10.1. The normalized spacial score (nSPS) is 11.5. The third-order valence-corrected chi connectivity index (χ3v) is 3.95. The second kappa shape index (κ2) is 6.57. The third-order valence-electron chi connectivity index (χ3n) is 2.51. The molecule has 0 aliphatic rings. The average molecular weight is 489 g/mol. The van der Waals surface area contributed by atoms with Crippen molar-refractivity contribution in [3.63, 3.8) is 0 Å². The predicted molar refractivity (Wildman–Crippen MR) is 91.4 cm³/mol. The molecule has 106 valence electrons. The minimum absolute atomic E-state index is 0.000196. The van der Waals surface area contributed by atoms with E-state index in [0.29, 0.717) is 10.1 Å². The van der Waals surface area contributed by atoms with E-state index in [4.69, 9.17) is 0 Å². The van der Waals surface area contributed by atoms with Crippen LogP contribution in [0, 0.1) is 7.14 Å². The molecule has 4 nitrogen and oxygen atoms in total. The first-order valence-electron chi connectivity index (χ1n) is 5.85. The summed E-state index contributed by atoms with van der Waals surface area (Å²) in [6, 6.07) is 3.47. The molecule has 0 aliphatic carbocycles. The topological polar surface area (TPSA) is 60.8 Å². The Hall–Kier alpha value is -0.0900. The molecule has 19 heavy (non-hydrogen) atoms. The molecular weight excluding hydrogens is 472 g/mol. The van der Waals surface area contributed by atoms with Crippen molar-refractivity contribution in [1.29, 1.82) is 0 Å². The van der Waals surface area contributed by atoms with Gasteiger partial charge in [-0.2, -0.15) is 0 Å². The summed E-state index contributed by atoms with van der Waals surface area (Å²) < 4.78 is 1.54. The SMILES string of the molecule is CCN(CC(C)(C)O)C(=O)c1cc(I)cc(I)c1O. The quantitative estimate of drug-likeness (QED) is 0.641. The Morgan fingerprint density at radius 3 is 2.42 bits per heavy atom. The maximum absolute atomic E-state index is 12.4. The smallest absolute Gasteiger partial charge is 0.257 e. The zero-order valence-electron chi connectivity index (χ0n) is 11.1. The minimum Gasteiger partial charge on any atom is -0.506 e. The molecule has 0 spiro atoms. The van der Waals surface area contributed by atoms with Crippen LogP contribution in [0.3, 0.4) is 0 Å². The summed E-state index contributed by atoms with van der Waals surface area (Å²) >= 11 is 4.11. The van der Waals surface area contributed by atoms with Crippen molar-refractivity contribution in [2.75, 3.05) is 13.1 Å². The number of phenolic OH excluding ortho intramolecular Hbond substituents is 1. The summed E-state index contributed by atoms with van der Waals surface area (Å²) in [7, 11) is 0. The van der Waals surface area contributed by atoms with Crippen LogP contribution in [0.1, 0.15) is 31.1 Å². The van der Waals surface area contributed by atoms with E-state index >= 15 is 0 Å². The number of carbonyl (C=O) groups excluding carboxylic acids is 1. The number of halogens is 2. The number of carbonyl (C=O) groups is 1. The number of aliphatic hydroxyl groups is 1. The highest BCUT2D eigenvalue weighted by molar-refractivity contribution is 14.1. The summed E-state index contributed by atoms with van der Waals surface area (Å²) in [6.07, 6.45) is 0. The highest BCUT2D eigenvalue weighted by atomic mass is 127. The fraction of sp³-hybridized carbons (Fsp3) is 0.462. The number of hydrogen-bond acceptors (Lipinski definition) is 3. The molecule has 0 aliphatic heterocycles. The van der Waals surface area contributed by atoms with Gasteiger partial charge in [0.15, 0.2) is 0 Å². The monoisotopic (exact) mass is 489 g/mol. The van der Waals surface area contributed by atoms with Gasteiger partial charge in [0.05, 0.1) is 14.7 Å². The van der Waals surface area contributed by atoms with Crippen molar-refractivity contribution < 1.29 is 15.0 Å². The van der Waals surface area contributed by atoms with Gasteiger partial charge in [-0.15, -0.1) is 0 Å². The molecule has 6 heteroatoms. The van der Waals surface area contributed by atoms with Gasteiger partial charge in [-0.05, 0) is 78.1 Å². The van der Waals surface area contributed by atoms with Crippen LogP contribution in [-0.4, -0.2) is 39.7 Å². The number of amides is 1. The summed E-state index contributed by atoms with van der Waals surface area (Å²) in [5, 5.41) is 19.8. The largest absolute Gasteiger partial charge is 0.506 e. The molecule has 0 atom stereocenters. The molecular formula is C13H17I2NO3. The Balaban J connectivity index is 3.11. The lowest BCUT2D eigenvalue weighted by molar-refractivity contribution is 0.0313. The Kier molecular flexibility index (Phi) is 5.87. The highest BCUT2D eigenvalue weighted by Gasteiger charge is 2.25. The zero-order chi connectivity index (χ0) is 14.8. The van der Waals surface area contributed by atoms with Gasteiger partial charge in [0, 0.05) is 16.7 Å². The van der Waals surface area contributed by atoms with Gasteiger partial charge in [-0.3, -0.25) is 4.79 Å². The molecule has 1 aromatic rings. The predicted octanol–water partition coefficient (Wildman–Crippen LogP) is 2.83. The maximum Gasteiger partial charge on any atom is 0.257 e. The van der Waals surface area contributed by atoms with E-state index in [1.165, 1.54) is 4.90 Å². The average Bonchev–Trinajstić information content (AvgIpc) is 2.28. The molecule has 0 saturated heterocycles. The van der Waals surface area contributed by atoms with E-state index in [1.807, 2.05) is 29.5 Å². The summed E-state index contributed by atoms with van der Waals surface area (Å²) in [5.41, 5.74) is -0.682. The first-order chi connectivity index (χ1) is 8.65.